The molecule has 2 fully saturated rings. The van der Waals surface area contributed by atoms with Gasteiger partial charge in [0.05, 0.1) is 43.0 Å². The number of aliphatic hydroxyl groups excluding tert-OH is 1. The van der Waals surface area contributed by atoms with Gasteiger partial charge >= 0.3 is 0 Å². The molecule has 0 amide bonds. The summed E-state index contributed by atoms with van der Waals surface area (Å²) in [6.07, 6.45) is 10.1. The van der Waals surface area contributed by atoms with E-state index in [0.717, 1.165) is 50.2 Å². The first-order chi connectivity index (χ1) is 15.1. The Balaban J connectivity index is 1.40. The molecule has 2 aliphatic rings. The Hall–Kier alpha value is -3.04. The van der Waals surface area contributed by atoms with E-state index < -0.39 is 0 Å². The molecule has 0 saturated carbocycles. The molecule has 1 spiro atoms. The number of fused-ring (bicyclic) bond motifs is 1. The molecular formula is C22H27N7O2. The number of pyridine rings is 1. The topological polar surface area (TPSA) is 112 Å². The number of aliphatic hydroxyl groups is 1. The fraction of sp³-hybridized carbons (Fsp3) is 0.455. The Morgan fingerprint density at radius 3 is 2.87 bits per heavy atom. The third-order valence-electron chi connectivity index (χ3n) is 6.45. The molecule has 0 radical (unpaired) electrons. The minimum absolute atomic E-state index is 0.211. The zero-order chi connectivity index (χ0) is 21.4. The number of nitrogens with one attached hydrogen (secondary N) is 2. The number of piperidine rings is 1. The van der Waals surface area contributed by atoms with Gasteiger partial charge in [-0.15, -0.1) is 0 Å². The average molecular weight is 422 g/mol. The number of aromatic nitrogens is 4. The molecule has 162 valence electrons. The first-order valence-corrected chi connectivity index (χ1v) is 10.7. The van der Waals surface area contributed by atoms with Crippen LogP contribution in [0, 0.1) is 10.8 Å². The quantitative estimate of drug-likeness (QED) is 0.543. The molecule has 2 aliphatic heterocycles. The number of anilines is 3. The molecule has 0 bridgehead atoms. The van der Waals surface area contributed by atoms with Crippen molar-refractivity contribution in [2.45, 2.75) is 38.9 Å². The molecule has 5 rings (SSSR count). The van der Waals surface area contributed by atoms with Crippen LogP contribution in [0.1, 0.15) is 37.6 Å². The lowest BCUT2D eigenvalue weighted by Gasteiger charge is -2.39. The van der Waals surface area contributed by atoms with Gasteiger partial charge in [0.25, 0.3) is 0 Å². The van der Waals surface area contributed by atoms with Crippen molar-refractivity contribution in [2.75, 3.05) is 29.9 Å². The molecule has 0 aromatic carbocycles. The summed E-state index contributed by atoms with van der Waals surface area (Å²) >= 11 is 0. The Morgan fingerprint density at radius 2 is 2.16 bits per heavy atom. The number of rotatable bonds is 5. The van der Waals surface area contributed by atoms with E-state index in [1.54, 1.807) is 12.5 Å². The van der Waals surface area contributed by atoms with Crippen LogP contribution in [0.15, 0.2) is 30.9 Å². The van der Waals surface area contributed by atoms with Crippen molar-refractivity contribution < 1.29 is 9.84 Å². The van der Waals surface area contributed by atoms with Crippen LogP contribution in [-0.4, -0.2) is 56.5 Å². The van der Waals surface area contributed by atoms with Crippen molar-refractivity contribution in [2.24, 2.45) is 5.41 Å². The summed E-state index contributed by atoms with van der Waals surface area (Å²) in [5.41, 5.74) is 3.01. The van der Waals surface area contributed by atoms with Crippen molar-refractivity contribution >= 4 is 29.1 Å². The Kier molecular flexibility index (Phi) is 5.07. The lowest BCUT2D eigenvalue weighted by Crippen LogP contribution is -2.41. The van der Waals surface area contributed by atoms with Crippen LogP contribution in [0.25, 0.3) is 5.52 Å². The van der Waals surface area contributed by atoms with Crippen LogP contribution < -0.4 is 10.2 Å². The first kappa shape index (κ1) is 19.9. The molecule has 9 heteroatoms. The van der Waals surface area contributed by atoms with Gasteiger partial charge in [-0.2, -0.15) is 0 Å². The predicted molar refractivity (Wildman–Crippen MR) is 118 cm³/mol. The summed E-state index contributed by atoms with van der Waals surface area (Å²) in [4.78, 5) is 15.7. The molecular weight excluding hydrogens is 394 g/mol. The van der Waals surface area contributed by atoms with Crippen molar-refractivity contribution in [3.05, 3.63) is 42.2 Å². The van der Waals surface area contributed by atoms with Crippen LogP contribution in [0.2, 0.25) is 0 Å². The normalized spacial score (nSPS) is 20.5. The molecule has 3 N–H and O–H groups in total. The lowest BCUT2D eigenvalue weighted by molar-refractivity contribution is 0.0975. The van der Waals surface area contributed by atoms with E-state index in [1.165, 1.54) is 6.21 Å². The van der Waals surface area contributed by atoms with Gasteiger partial charge in [-0.3, -0.25) is 0 Å². The second kappa shape index (κ2) is 7.90. The Bertz CT molecular complexity index is 1100. The smallest absolute Gasteiger partial charge is 0.158 e. The largest absolute Gasteiger partial charge is 0.390 e. The van der Waals surface area contributed by atoms with Crippen LogP contribution in [0.3, 0.4) is 0 Å². The fourth-order valence-corrected chi connectivity index (χ4v) is 4.74. The fourth-order valence-electron chi connectivity index (χ4n) is 4.74. The summed E-state index contributed by atoms with van der Waals surface area (Å²) in [5.74, 6) is 1.12. The van der Waals surface area contributed by atoms with Gasteiger partial charge in [-0.1, -0.05) is 0 Å². The zero-order valence-corrected chi connectivity index (χ0v) is 17.6. The average Bonchev–Trinajstić information content (AvgIpc) is 3.40. The van der Waals surface area contributed by atoms with Crippen LogP contribution in [-0.2, 0) is 11.3 Å². The van der Waals surface area contributed by atoms with Crippen LogP contribution >= 0.6 is 0 Å². The maximum Gasteiger partial charge on any atom is 0.158 e. The summed E-state index contributed by atoms with van der Waals surface area (Å²) in [5, 5.41) is 21.1. The van der Waals surface area contributed by atoms with E-state index in [0.29, 0.717) is 29.1 Å². The second-order valence-corrected chi connectivity index (χ2v) is 8.61. The van der Waals surface area contributed by atoms with Crippen molar-refractivity contribution in [3.8, 4) is 0 Å². The van der Waals surface area contributed by atoms with E-state index in [2.05, 4.69) is 27.1 Å². The maximum absolute atomic E-state index is 10.0. The molecule has 5 heterocycles. The molecule has 9 nitrogen and oxygen atoms in total. The van der Waals surface area contributed by atoms with E-state index >= 15 is 0 Å². The highest BCUT2D eigenvalue weighted by Crippen LogP contribution is 2.42. The van der Waals surface area contributed by atoms with Gasteiger partial charge in [-0.25, -0.2) is 15.0 Å². The number of nitrogens with zero attached hydrogens (tertiary/aromatic N) is 5. The summed E-state index contributed by atoms with van der Waals surface area (Å²) < 4.78 is 7.73. The highest BCUT2D eigenvalue weighted by molar-refractivity contribution is 5.84. The van der Waals surface area contributed by atoms with Gasteiger partial charge < -0.3 is 29.9 Å². The molecule has 0 aliphatic carbocycles. The number of hydrogen-bond donors (Lipinski definition) is 3. The highest BCUT2D eigenvalue weighted by atomic mass is 16.5. The Labute approximate surface area is 180 Å². The summed E-state index contributed by atoms with van der Waals surface area (Å²) in [6, 6.07) is 3.87. The number of imidazole rings is 1. The van der Waals surface area contributed by atoms with Gasteiger partial charge in [0.2, 0.25) is 0 Å². The van der Waals surface area contributed by atoms with E-state index in [4.69, 9.17) is 15.1 Å². The van der Waals surface area contributed by atoms with Crippen LogP contribution in [0.5, 0.6) is 0 Å². The van der Waals surface area contributed by atoms with Gasteiger partial charge in [0.15, 0.2) is 11.6 Å². The SMILES string of the molecule is C[C@H]1CC2(CCN(c3nc(C=N)c(Nc4ccc5cncn5c4)nc3CO)CC2)CO1. The van der Waals surface area contributed by atoms with Crippen LogP contribution in [0.4, 0.5) is 17.3 Å². The minimum Gasteiger partial charge on any atom is -0.390 e. The van der Waals surface area contributed by atoms with Crippen molar-refractivity contribution in [3.63, 3.8) is 0 Å². The van der Waals surface area contributed by atoms with Gasteiger partial charge in [0.1, 0.15) is 11.4 Å². The number of hydrogen-bond acceptors (Lipinski definition) is 8. The second-order valence-electron chi connectivity index (χ2n) is 8.61. The molecule has 3 aromatic heterocycles. The minimum atomic E-state index is -0.211. The standard InChI is InChI=1S/C22H27N7O2/c1-15-8-22(13-31-15)4-6-28(7-5-22)21-19(12-30)26-20(18(9-23)27-21)25-16-2-3-17-10-24-14-29(17)11-16/h2-3,9-11,14-15,23,30H,4-8,12-13H2,1H3,(H,25,26)/t15-/m0/s1. The first-order valence-electron chi connectivity index (χ1n) is 10.7. The summed E-state index contributed by atoms with van der Waals surface area (Å²) in [6.45, 7) is 4.45. The summed E-state index contributed by atoms with van der Waals surface area (Å²) in [7, 11) is 0. The van der Waals surface area contributed by atoms with Gasteiger partial charge in [0, 0.05) is 25.5 Å². The maximum atomic E-state index is 10.0. The molecule has 0 unspecified atom stereocenters. The highest BCUT2D eigenvalue weighted by Gasteiger charge is 2.41. The zero-order valence-electron chi connectivity index (χ0n) is 17.6. The van der Waals surface area contributed by atoms with Crippen molar-refractivity contribution in [1.82, 2.24) is 19.4 Å². The third-order valence-corrected chi connectivity index (χ3v) is 6.45. The molecule has 3 aromatic rings. The number of ether oxygens (including phenoxy) is 1. The van der Waals surface area contributed by atoms with E-state index in [1.807, 2.05) is 22.7 Å². The predicted octanol–water partition coefficient (Wildman–Crippen LogP) is 2.75. The third kappa shape index (κ3) is 3.75. The monoisotopic (exact) mass is 421 g/mol. The lowest BCUT2D eigenvalue weighted by atomic mass is 9.77. The molecule has 31 heavy (non-hydrogen) atoms. The molecule has 1 atom stereocenters. The van der Waals surface area contributed by atoms with Gasteiger partial charge in [-0.05, 0) is 43.7 Å². The molecule has 2 saturated heterocycles. The van der Waals surface area contributed by atoms with E-state index in [-0.39, 0.29) is 12.0 Å². The van der Waals surface area contributed by atoms with E-state index in [9.17, 15) is 5.11 Å². The van der Waals surface area contributed by atoms with Crippen molar-refractivity contribution in [1.29, 1.82) is 5.41 Å². The Morgan fingerprint density at radius 1 is 1.32 bits per heavy atom.